The lowest BCUT2D eigenvalue weighted by Crippen LogP contribution is -2.25. The second kappa shape index (κ2) is 7.65. The van der Waals surface area contributed by atoms with E-state index in [4.69, 9.17) is 0 Å². The molecule has 6 nitrogen and oxygen atoms in total. The molecule has 1 aliphatic carbocycles. The van der Waals surface area contributed by atoms with Gasteiger partial charge in [-0.2, -0.15) is 0 Å². The molecule has 1 aromatic carbocycles. The summed E-state index contributed by atoms with van der Waals surface area (Å²) in [6.07, 6.45) is 9.11. The Bertz CT molecular complexity index is 1290. The molecule has 3 aromatic heterocycles. The molecule has 3 heterocycles. The van der Waals surface area contributed by atoms with Crippen molar-refractivity contribution in [2.75, 3.05) is 6.61 Å². The number of fused-ring (bicyclic) bond motifs is 2. The van der Waals surface area contributed by atoms with Crippen molar-refractivity contribution in [2.45, 2.75) is 44.7 Å². The van der Waals surface area contributed by atoms with Crippen molar-refractivity contribution in [2.24, 2.45) is 0 Å². The fraction of sp³-hybridized carbons (Fsp3) is 0.348. The van der Waals surface area contributed by atoms with Crippen LogP contribution in [-0.2, 0) is 13.0 Å². The van der Waals surface area contributed by atoms with Gasteiger partial charge in [-0.15, -0.1) is 0 Å². The van der Waals surface area contributed by atoms with Gasteiger partial charge in [-0.25, -0.2) is 9.18 Å². The Balaban J connectivity index is 1.65. The number of hydrogen-bond donors (Lipinski definition) is 1. The number of aliphatic hydroxyl groups is 1. The standard InChI is InChI=1S/C23H23FN4O2/c24-19-6-3-5-16-17(4-1-2-11-29)20(26-12-18(16)19)14-27-22-13-25-10-9-21(22)28(23(27)30)15-7-8-15/h3,5-6,9-10,12-13,15,29H,1-2,4,7-8,11,14H2. The molecule has 0 bridgehead atoms. The second-order valence-electron chi connectivity index (χ2n) is 7.90. The molecule has 1 aliphatic rings. The highest BCUT2D eigenvalue weighted by molar-refractivity contribution is 5.86. The number of nitrogens with zero attached hydrogens (tertiary/aromatic N) is 4. The zero-order valence-corrected chi connectivity index (χ0v) is 16.6. The molecular formula is C23H23FN4O2. The van der Waals surface area contributed by atoms with Crippen LogP contribution in [0.2, 0.25) is 0 Å². The number of aromatic nitrogens is 4. The van der Waals surface area contributed by atoms with E-state index in [1.54, 1.807) is 29.2 Å². The van der Waals surface area contributed by atoms with E-state index in [0.29, 0.717) is 24.8 Å². The summed E-state index contributed by atoms with van der Waals surface area (Å²) in [4.78, 5) is 22.0. The fourth-order valence-corrected chi connectivity index (χ4v) is 4.25. The van der Waals surface area contributed by atoms with E-state index in [0.717, 1.165) is 46.9 Å². The monoisotopic (exact) mass is 406 g/mol. The predicted molar refractivity (Wildman–Crippen MR) is 113 cm³/mol. The van der Waals surface area contributed by atoms with Gasteiger partial charge in [0.25, 0.3) is 0 Å². The largest absolute Gasteiger partial charge is 0.396 e. The number of unbranched alkanes of at least 4 members (excludes halogenated alkanes) is 1. The number of pyridine rings is 2. The molecule has 0 radical (unpaired) electrons. The van der Waals surface area contributed by atoms with Crippen molar-refractivity contribution in [1.29, 1.82) is 0 Å². The normalized spacial score (nSPS) is 14.1. The van der Waals surface area contributed by atoms with Crippen LogP contribution in [0.15, 0.2) is 47.7 Å². The van der Waals surface area contributed by atoms with Gasteiger partial charge in [-0.05, 0) is 55.2 Å². The minimum absolute atomic E-state index is 0.0528. The van der Waals surface area contributed by atoms with E-state index in [-0.39, 0.29) is 24.2 Å². The van der Waals surface area contributed by atoms with Crippen LogP contribution >= 0.6 is 0 Å². The molecule has 0 aliphatic heterocycles. The number of aliphatic hydroxyl groups excluding tert-OH is 1. The van der Waals surface area contributed by atoms with Crippen LogP contribution in [0.25, 0.3) is 21.8 Å². The third kappa shape index (κ3) is 3.19. The van der Waals surface area contributed by atoms with E-state index >= 15 is 0 Å². The smallest absolute Gasteiger partial charge is 0.329 e. The quantitative estimate of drug-likeness (QED) is 0.476. The second-order valence-corrected chi connectivity index (χ2v) is 7.90. The van der Waals surface area contributed by atoms with E-state index in [1.807, 2.05) is 16.7 Å². The Morgan fingerprint density at radius 3 is 2.77 bits per heavy atom. The van der Waals surface area contributed by atoms with Crippen molar-refractivity contribution in [3.05, 3.63) is 70.4 Å². The number of hydrogen-bond acceptors (Lipinski definition) is 4. The van der Waals surface area contributed by atoms with E-state index in [9.17, 15) is 14.3 Å². The maximum Gasteiger partial charge on any atom is 0.329 e. The fourth-order valence-electron chi connectivity index (χ4n) is 4.25. The van der Waals surface area contributed by atoms with Gasteiger partial charge in [0, 0.05) is 30.4 Å². The molecule has 154 valence electrons. The van der Waals surface area contributed by atoms with Crippen molar-refractivity contribution in [3.8, 4) is 0 Å². The van der Waals surface area contributed by atoms with E-state index < -0.39 is 0 Å². The zero-order chi connectivity index (χ0) is 20.7. The van der Waals surface area contributed by atoms with Gasteiger partial charge in [0.2, 0.25) is 0 Å². The third-order valence-corrected chi connectivity index (χ3v) is 5.90. The Hall–Kier alpha value is -3.06. The SMILES string of the molecule is O=c1n(Cc2ncc3c(F)cccc3c2CCCCO)c2cnccc2n1C1CC1. The number of halogens is 1. The average molecular weight is 406 g/mol. The summed E-state index contributed by atoms with van der Waals surface area (Å²) in [6.45, 7) is 0.420. The first kappa shape index (κ1) is 18.9. The molecule has 0 saturated heterocycles. The summed E-state index contributed by atoms with van der Waals surface area (Å²) < 4.78 is 17.9. The first-order chi connectivity index (χ1) is 14.7. The molecule has 5 rings (SSSR count). The lowest BCUT2D eigenvalue weighted by atomic mass is 9.99. The lowest BCUT2D eigenvalue weighted by molar-refractivity contribution is 0.284. The molecule has 0 unspecified atom stereocenters. The van der Waals surface area contributed by atoms with Crippen LogP contribution in [0.1, 0.15) is 43.0 Å². The van der Waals surface area contributed by atoms with Gasteiger partial charge in [0.15, 0.2) is 0 Å². The van der Waals surface area contributed by atoms with Crippen molar-refractivity contribution < 1.29 is 9.50 Å². The van der Waals surface area contributed by atoms with Crippen LogP contribution in [0.5, 0.6) is 0 Å². The maximum atomic E-state index is 14.3. The number of rotatable bonds is 7. The molecular weight excluding hydrogens is 383 g/mol. The lowest BCUT2D eigenvalue weighted by Gasteiger charge is -2.13. The van der Waals surface area contributed by atoms with Crippen molar-refractivity contribution in [1.82, 2.24) is 19.1 Å². The molecule has 7 heteroatoms. The maximum absolute atomic E-state index is 14.3. The van der Waals surface area contributed by atoms with Gasteiger partial charge in [-0.1, -0.05) is 12.1 Å². The van der Waals surface area contributed by atoms with Gasteiger partial charge in [0.1, 0.15) is 5.82 Å². The van der Waals surface area contributed by atoms with Crippen LogP contribution in [-0.4, -0.2) is 30.8 Å². The molecule has 1 fully saturated rings. The predicted octanol–water partition coefficient (Wildman–Crippen LogP) is 3.58. The minimum atomic E-state index is -0.304. The van der Waals surface area contributed by atoms with Crippen LogP contribution < -0.4 is 5.69 Å². The highest BCUT2D eigenvalue weighted by Gasteiger charge is 2.29. The van der Waals surface area contributed by atoms with E-state index in [1.165, 1.54) is 6.07 Å². The summed E-state index contributed by atoms with van der Waals surface area (Å²) in [5.41, 5.74) is 3.32. The van der Waals surface area contributed by atoms with Gasteiger partial charge in [0.05, 0.1) is 29.5 Å². The average Bonchev–Trinajstić information content (AvgIpc) is 3.55. The van der Waals surface area contributed by atoms with Crippen LogP contribution in [0.4, 0.5) is 4.39 Å². The minimum Gasteiger partial charge on any atom is -0.396 e. The zero-order valence-electron chi connectivity index (χ0n) is 16.6. The Morgan fingerprint density at radius 2 is 1.97 bits per heavy atom. The Labute approximate surface area is 172 Å². The summed E-state index contributed by atoms with van der Waals surface area (Å²) >= 11 is 0. The first-order valence-electron chi connectivity index (χ1n) is 10.4. The molecule has 0 amide bonds. The molecule has 30 heavy (non-hydrogen) atoms. The Kier molecular flexibility index (Phi) is 4.83. The van der Waals surface area contributed by atoms with Gasteiger partial charge < -0.3 is 5.11 Å². The first-order valence-corrected chi connectivity index (χ1v) is 10.4. The van der Waals surface area contributed by atoms with Crippen molar-refractivity contribution >= 4 is 21.8 Å². The number of aryl methyl sites for hydroxylation is 1. The topological polar surface area (TPSA) is 72.9 Å². The van der Waals surface area contributed by atoms with Gasteiger partial charge >= 0.3 is 5.69 Å². The summed E-state index contributed by atoms with van der Waals surface area (Å²) in [5, 5.41) is 10.5. The number of benzene rings is 1. The highest BCUT2D eigenvalue weighted by Crippen LogP contribution is 2.36. The number of imidazole rings is 1. The molecule has 4 aromatic rings. The van der Waals surface area contributed by atoms with Crippen LogP contribution in [0.3, 0.4) is 0 Å². The third-order valence-electron chi connectivity index (χ3n) is 5.90. The highest BCUT2D eigenvalue weighted by atomic mass is 19.1. The Morgan fingerprint density at radius 1 is 1.10 bits per heavy atom. The molecule has 0 spiro atoms. The summed E-state index contributed by atoms with van der Waals surface area (Å²) in [7, 11) is 0. The van der Waals surface area contributed by atoms with Crippen LogP contribution in [0, 0.1) is 5.82 Å². The van der Waals surface area contributed by atoms with Gasteiger partial charge in [-0.3, -0.25) is 19.1 Å². The van der Waals surface area contributed by atoms with E-state index in [2.05, 4.69) is 9.97 Å². The molecule has 0 atom stereocenters. The molecule has 1 saturated carbocycles. The summed E-state index contributed by atoms with van der Waals surface area (Å²) in [6, 6.07) is 7.17. The van der Waals surface area contributed by atoms with Crippen molar-refractivity contribution in [3.63, 3.8) is 0 Å². The summed E-state index contributed by atoms with van der Waals surface area (Å²) in [5.74, 6) is -0.304. The molecule has 1 N–H and O–H groups in total.